The van der Waals surface area contributed by atoms with Crippen LogP contribution in [-0.4, -0.2) is 66.2 Å². The summed E-state index contributed by atoms with van der Waals surface area (Å²) in [6.07, 6.45) is 2.39. The number of hydrogen-bond donors (Lipinski definition) is 4. The fourth-order valence-electron chi connectivity index (χ4n) is 2.34. The number of carbonyl (C=O) groups excluding carboxylic acids is 2. The van der Waals surface area contributed by atoms with Crippen LogP contribution < -0.4 is 16.0 Å². The van der Waals surface area contributed by atoms with Crippen LogP contribution in [0.5, 0.6) is 0 Å². The third-order valence-corrected chi connectivity index (χ3v) is 3.32. The third-order valence-electron chi connectivity index (χ3n) is 3.32. The highest BCUT2D eigenvalue weighted by Crippen LogP contribution is 2.19. The maximum absolute atomic E-state index is 11.8. The molecule has 2 aliphatic rings. The van der Waals surface area contributed by atoms with E-state index in [1.54, 1.807) is 26.8 Å². The lowest BCUT2D eigenvalue weighted by atomic mass is 10.2. The van der Waals surface area contributed by atoms with Crippen LogP contribution in [0.3, 0.4) is 0 Å². The van der Waals surface area contributed by atoms with E-state index in [0.717, 1.165) is 16.2 Å². The second-order valence-electron chi connectivity index (χ2n) is 6.83. The molecule has 3 amide bonds. The van der Waals surface area contributed by atoms with Gasteiger partial charge in [0.15, 0.2) is 0 Å². The lowest BCUT2D eigenvalue weighted by Crippen LogP contribution is -2.52. The molecule has 0 aromatic carbocycles. The molecule has 0 aromatic heterocycles. The van der Waals surface area contributed by atoms with Crippen LogP contribution in [-0.2, 0) is 14.3 Å². The van der Waals surface area contributed by atoms with Crippen molar-refractivity contribution in [2.24, 2.45) is 0 Å². The number of carboxylic acid groups (broad SMARTS) is 1. The van der Waals surface area contributed by atoms with Crippen molar-refractivity contribution < 1.29 is 29.0 Å². The van der Waals surface area contributed by atoms with Crippen molar-refractivity contribution in [1.82, 2.24) is 20.9 Å². The second kappa shape index (κ2) is 8.09. The summed E-state index contributed by atoms with van der Waals surface area (Å²) in [5, 5.41) is 17.1. The van der Waals surface area contributed by atoms with Gasteiger partial charge in [-0.3, -0.25) is 9.69 Å². The molecule has 2 aliphatic heterocycles. The van der Waals surface area contributed by atoms with Crippen molar-refractivity contribution in [3.63, 3.8) is 0 Å². The van der Waals surface area contributed by atoms with Crippen molar-refractivity contribution in [1.29, 1.82) is 0 Å². The fourth-order valence-corrected chi connectivity index (χ4v) is 2.34. The molecule has 0 saturated heterocycles. The van der Waals surface area contributed by atoms with Crippen LogP contribution in [0, 0.1) is 0 Å². The van der Waals surface area contributed by atoms with Gasteiger partial charge in [-0.1, -0.05) is 0 Å². The molecule has 0 spiro atoms. The van der Waals surface area contributed by atoms with E-state index in [0.29, 0.717) is 13.2 Å². The van der Waals surface area contributed by atoms with Gasteiger partial charge in [0.1, 0.15) is 18.3 Å². The highest BCUT2D eigenvalue weighted by Gasteiger charge is 2.30. The minimum atomic E-state index is -1.09. The van der Waals surface area contributed by atoms with E-state index in [1.165, 1.54) is 6.20 Å². The predicted molar refractivity (Wildman–Crippen MR) is 91.0 cm³/mol. The first-order valence-electron chi connectivity index (χ1n) is 8.16. The normalized spacial score (nSPS) is 19.0. The van der Waals surface area contributed by atoms with E-state index in [9.17, 15) is 14.4 Å². The third kappa shape index (κ3) is 5.96. The van der Waals surface area contributed by atoms with E-state index in [4.69, 9.17) is 14.6 Å². The van der Waals surface area contributed by atoms with Crippen LogP contribution in [0.1, 0.15) is 20.8 Å². The molecule has 4 N–H and O–H groups in total. The predicted octanol–water partition coefficient (Wildman–Crippen LogP) is 0.335. The van der Waals surface area contributed by atoms with Gasteiger partial charge >= 0.3 is 18.1 Å². The Labute approximate surface area is 151 Å². The number of urea groups is 1. The second-order valence-corrected chi connectivity index (χ2v) is 6.83. The number of rotatable bonds is 7. The van der Waals surface area contributed by atoms with E-state index >= 15 is 0 Å². The quantitative estimate of drug-likeness (QED) is 0.477. The number of carbonyl (C=O) groups is 3. The molecular formula is C16H24N4O6. The van der Waals surface area contributed by atoms with Gasteiger partial charge < -0.3 is 30.5 Å². The Balaban J connectivity index is 1.73. The smallest absolute Gasteiger partial charge is 0.407 e. The Morgan fingerprint density at radius 2 is 2.08 bits per heavy atom. The molecule has 26 heavy (non-hydrogen) atoms. The monoisotopic (exact) mass is 368 g/mol. The average Bonchev–Trinajstić information content (AvgIpc) is 2.86. The van der Waals surface area contributed by atoms with Crippen LogP contribution in [0.4, 0.5) is 9.59 Å². The molecule has 0 bridgehead atoms. The summed E-state index contributed by atoms with van der Waals surface area (Å²) in [4.78, 5) is 35.1. The minimum absolute atomic E-state index is 0.263. The van der Waals surface area contributed by atoms with Gasteiger partial charge in [-0.05, 0) is 26.8 Å². The molecule has 1 atom stereocenters. The molecule has 1 unspecified atom stereocenters. The summed E-state index contributed by atoms with van der Waals surface area (Å²) in [5.41, 5.74) is 0.944. The van der Waals surface area contributed by atoms with Gasteiger partial charge in [-0.25, -0.2) is 9.59 Å². The number of amides is 3. The van der Waals surface area contributed by atoms with E-state index in [-0.39, 0.29) is 6.61 Å². The lowest BCUT2D eigenvalue weighted by Gasteiger charge is -2.27. The van der Waals surface area contributed by atoms with Gasteiger partial charge in [-0.2, -0.15) is 0 Å². The van der Waals surface area contributed by atoms with Gasteiger partial charge in [0.05, 0.1) is 13.2 Å². The van der Waals surface area contributed by atoms with Crippen molar-refractivity contribution in [2.75, 3.05) is 26.3 Å². The molecule has 10 heteroatoms. The zero-order valence-corrected chi connectivity index (χ0v) is 15.0. The Kier molecular flexibility index (Phi) is 6.09. The molecule has 0 aliphatic carbocycles. The Bertz CT molecular complexity index is 637. The number of nitrogens with zero attached hydrogens (tertiary/aromatic N) is 1. The Hall–Kier alpha value is -2.75. The standard InChI is InChI=1S/C16H24N4O6/c1-16(2,3)26-15(24)17-4-5-25-9-11-6-10-7-20(8-12(21)22)14(23)19-13(10)18-11/h6-7,13,18H,4-5,8-9H2,1-3H3,(H,17,24)(H,19,23)(H,21,22). The zero-order valence-electron chi connectivity index (χ0n) is 15.0. The molecule has 2 heterocycles. The molecular weight excluding hydrogens is 344 g/mol. The SMILES string of the molecule is CC(C)(C)OC(=O)NCCOCC1=CC2=CN(CC(=O)O)C(=O)NC2N1. The number of alkyl carbamates (subject to hydrolysis) is 1. The topological polar surface area (TPSA) is 129 Å². The summed E-state index contributed by atoms with van der Waals surface area (Å²) in [5.74, 6) is -1.09. The minimum Gasteiger partial charge on any atom is -0.480 e. The molecule has 0 radical (unpaired) electrons. The summed E-state index contributed by atoms with van der Waals surface area (Å²) in [6, 6.07) is -0.481. The first-order chi connectivity index (χ1) is 12.1. The molecule has 144 valence electrons. The lowest BCUT2D eigenvalue weighted by molar-refractivity contribution is -0.137. The first-order valence-corrected chi connectivity index (χ1v) is 8.16. The number of hydrogen-bond acceptors (Lipinski definition) is 6. The van der Waals surface area contributed by atoms with Gasteiger partial charge in [0.2, 0.25) is 0 Å². The van der Waals surface area contributed by atoms with Crippen LogP contribution >= 0.6 is 0 Å². The maximum Gasteiger partial charge on any atom is 0.407 e. The number of carboxylic acids is 1. The van der Waals surface area contributed by atoms with Crippen molar-refractivity contribution >= 4 is 18.1 Å². The highest BCUT2D eigenvalue weighted by atomic mass is 16.6. The van der Waals surface area contributed by atoms with Crippen LogP contribution in [0.15, 0.2) is 23.5 Å². The number of aliphatic carboxylic acids is 1. The molecule has 0 fully saturated rings. The Morgan fingerprint density at radius 3 is 2.73 bits per heavy atom. The van der Waals surface area contributed by atoms with Gasteiger partial charge in [-0.15, -0.1) is 0 Å². The molecule has 0 saturated carbocycles. The van der Waals surface area contributed by atoms with E-state index in [1.807, 2.05) is 0 Å². The van der Waals surface area contributed by atoms with Crippen LogP contribution in [0.25, 0.3) is 0 Å². The van der Waals surface area contributed by atoms with Gasteiger partial charge in [0.25, 0.3) is 0 Å². The Morgan fingerprint density at radius 1 is 1.35 bits per heavy atom. The largest absolute Gasteiger partial charge is 0.480 e. The van der Waals surface area contributed by atoms with E-state index in [2.05, 4.69) is 16.0 Å². The maximum atomic E-state index is 11.8. The first kappa shape index (κ1) is 19.6. The van der Waals surface area contributed by atoms with Gasteiger partial charge in [0, 0.05) is 24.0 Å². The molecule has 2 rings (SSSR count). The fraction of sp³-hybridized carbons (Fsp3) is 0.562. The van der Waals surface area contributed by atoms with Crippen molar-refractivity contribution in [3.05, 3.63) is 23.5 Å². The molecule has 0 aromatic rings. The summed E-state index contributed by atoms with van der Waals surface area (Å²) in [7, 11) is 0. The van der Waals surface area contributed by atoms with Crippen LogP contribution in [0.2, 0.25) is 0 Å². The van der Waals surface area contributed by atoms with E-state index < -0.39 is 36.4 Å². The highest BCUT2D eigenvalue weighted by molar-refractivity contribution is 5.83. The summed E-state index contributed by atoms with van der Waals surface area (Å²) in [6.45, 7) is 5.80. The number of ether oxygens (including phenoxy) is 2. The van der Waals surface area contributed by atoms with Crippen molar-refractivity contribution in [2.45, 2.75) is 32.5 Å². The number of fused-ring (bicyclic) bond motifs is 1. The molecule has 10 nitrogen and oxygen atoms in total. The van der Waals surface area contributed by atoms with Crippen molar-refractivity contribution in [3.8, 4) is 0 Å². The zero-order chi connectivity index (χ0) is 19.3. The average molecular weight is 368 g/mol. The number of nitrogens with one attached hydrogen (secondary N) is 3. The summed E-state index contributed by atoms with van der Waals surface area (Å²) < 4.78 is 10.6. The summed E-state index contributed by atoms with van der Waals surface area (Å²) >= 11 is 0.